The highest BCUT2D eigenvalue weighted by atomic mass is 16.5. The molecule has 2 heterocycles. The zero-order chi connectivity index (χ0) is 17.3. The molecule has 2 aliphatic carbocycles. The van der Waals surface area contributed by atoms with Crippen LogP contribution in [0, 0.1) is 11.8 Å². The number of benzene rings is 1. The molecule has 1 saturated carbocycles. The summed E-state index contributed by atoms with van der Waals surface area (Å²) in [6, 6.07) is 4.75. The van der Waals surface area contributed by atoms with Gasteiger partial charge in [-0.2, -0.15) is 0 Å². The Morgan fingerprint density at radius 2 is 2.24 bits per heavy atom. The molecule has 0 aromatic heterocycles. The molecule has 1 saturated heterocycles. The third-order valence-corrected chi connectivity index (χ3v) is 7.43. The molecule has 0 N–H and O–H groups in total. The molecule has 2 aliphatic heterocycles. The van der Waals surface area contributed by atoms with Crippen LogP contribution in [0.25, 0.3) is 0 Å². The molecule has 2 bridgehead atoms. The van der Waals surface area contributed by atoms with Gasteiger partial charge in [0, 0.05) is 22.9 Å². The molecule has 0 radical (unpaired) electrons. The lowest BCUT2D eigenvalue weighted by atomic mass is 9.50. The topological polar surface area (TPSA) is 38.8 Å². The molecular weight excluding hydrogens is 314 g/mol. The first-order chi connectivity index (χ1) is 12.1. The van der Waals surface area contributed by atoms with Gasteiger partial charge in [-0.3, -0.25) is 4.79 Å². The Bertz CT molecular complexity index is 745. The highest BCUT2D eigenvalue weighted by Crippen LogP contribution is 2.63. The Labute approximate surface area is 149 Å². The van der Waals surface area contributed by atoms with Crippen molar-refractivity contribution in [3.63, 3.8) is 0 Å². The number of hydrogen-bond donors (Lipinski definition) is 0. The maximum absolute atomic E-state index is 13.3. The van der Waals surface area contributed by atoms with Gasteiger partial charge in [-0.05, 0) is 56.8 Å². The second kappa shape index (κ2) is 5.23. The van der Waals surface area contributed by atoms with Crippen molar-refractivity contribution in [2.45, 2.75) is 56.6 Å². The minimum absolute atomic E-state index is 0.115. The third kappa shape index (κ3) is 1.79. The van der Waals surface area contributed by atoms with Crippen LogP contribution in [-0.2, 0) is 16.6 Å². The Balaban J connectivity index is 1.73. The molecule has 1 spiro atoms. The first-order valence-corrected chi connectivity index (χ1v) is 9.72. The second-order valence-electron chi connectivity index (χ2n) is 8.40. The van der Waals surface area contributed by atoms with E-state index in [1.807, 2.05) is 6.07 Å². The van der Waals surface area contributed by atoms with E-state index in [9.17, 15) is 4.79 Å². The van der Waals surface area contributed by atoms with Crippen LogP contribution >= 0.6 is 0 Å². The van der Waals surface area contributed by atoms with Crippen molar-refractivity contribution in [1.82, 2.24) is 4.90 Å². The van der Waals surface area contributed by atoms with Gasteiger partial charge in [0.1, 0.15) is 0 Å². The van der Waals surface area contributed by atoms with Gasteiger partial charge in [-0.15, -0.1) is 0 Å². The Morgan fingerprint density at radius 1 is 1.40 bits per heavy atom. The fourth-order valence-electron chi connectivity index (χ4n) is 6.36. The number of rotatable bonds is 3. The molecule has 0 amide bonds. The molecule has 4 unspecified atom stereocenters. The smallest absolute Gasteiger partial charge is 0.177 e. The highest BCUT2D eigenvalue weighted by Gasteiger charge is 2.67. The maximum atomic E-state index is 13.3. The molecule has 4 aliphatic rings. The van der Waals surface area contributed by atoms with E-state index in [1.54, 1.807) is 7.11 Å². The van der Waals surface area contributed by atoms with Gasteiger partial charge < -0.3 is 14.4 Å². The van der Waals surface area contributed by atoms with E-state index in [0.29, 0.717) is 17.7 Å². The Hall–Kier alpha value is -1.55. The van der Waals surface area contributed by atoms with Gasteiger partial charge in [0.15, 0.2) is 23.4 Å². The molecule has 5 atom stereocenters. The standard InChI is InChI=1S/C21H27NO3/c1-4-5-13-10-14-15-11-12-6-7-16(24-3)19-17(12)21(14,8-9-22(15)2)20(25-19)18(13)23/h6-7,13-15,20H,4-5,8-11H2,1-3H3/t13?,14?,15?,20?,21-/m1/s1. The van der Waals surface area contributed by atoms with Crippen LogP contribution in [0.1, 0.15) is 43.7 Å². The van der Waals surface area contributed by atoms with E-state index in [0.717, 1.165) is 50.1 Å². The van der Waals surface area contributed by atoms with Crippen molar-refractivity contribution in [1.29, 1.82) is 0 Å². The van der Waals surface area contributed by atoms with Crippen LogP contribution in [0.3, 0.4) is 0 Å². The summed E-state index contributed by atoms with van der Waals surface area (Å²) in [5.41, 5.74) is 2.57. The first-order valence-electron chi connectivity index (χ1n) is 9.72. The maximum Gasteiger partial charge on any atom is 0.177 e. The minimum atomic E-state index is -0.302. The third-order valence-electron chi connectivity index (χ3n) is 7.43. The van der Waals surface area contributed by atoms with Crippen LogP contribution in [0.4, 0.5) is 0 Å². The molecular formula is C21H27NO3. The number of carbonyl (C=O) groups excluding carboxylic acids is 1. The van der Waals surface area contributed by atoms with Gasteiger partial charge in [0.2, 0.25) is 0 Å². The fourth-order valence-corrected chi connectivity index (χ4v) is 6.36. The lowest BCUT2D eigenvalue weighted by Crippen LogP contribution is -2.67. The molecule has 1 aromatic rings. The fraction of sp³-hybridized carbons (Fsp3) is 0.667. The van der Waals surface area contributed by atoms with Gasteiger partial charge >= 0.3 is 0 Å². The summed E-state index contributed by atoms with van der Waals surface area (Å²) in [7, 11) is 3.95. The van der Waals surface area contributed by atoms with Gasteiger partial charge in [0.05, 0.1) is 7.11 Å². The number of Topliss-reactive ketones (excluding diaryl/α,β-unsaturated/α-hetero) is 1. The second-order valence-corrected chi connectivity index (χ2v) is 8.40. The number of piperidine rings is 1. The normalized spacial score (nSPS) is 38.3. The Morgan fingerprint density at radius 3 is 3.00 bits per heavy atom. The molecule has 4 heteroatoms. The van der Waals surface area contributed by atoms with Crippen LogP contribution in [0.5, 0.6) is 11.5 Å². The lowest BCUT2D eigenvalue weighted by Gasteiger charge is -2.58. The first kappa shape index (κ1) is 15.7. The van der Waals surface area contributed by atoms with E-state index in [2.05, 4.69) is 24.9 Å². The van der Waals surface area contributed by atoms with Crippen molar-refractivity contribution in [2.24, 2.45) is 11.8 Å². The summed E-state index contributed by atoms with van der Waals surface area (Å²) < 4.78 is 12.0. The average molecular weight is 341 g/mol. The highest BCUT2D eigenvalue weighted by molar-refractivity contribution is 5.91. The minimum Gasteiger partial charge on any atom is -0.493 e. The number of likely N-dealkylation sites (tertiary alicyclic amines) is 1. The van der Waals surface area contributed by atoms with Crippen molar-refractivity contribution in [2.75, 3.05) is 20.7 Å². The molecule has 5 rings (SSSR count). The van der Waals surface area contributed by atoms with Gasteiger partial charge in [-0.1, -0.05) is 19.4 Å². The van der Waals surface area contributed by atoms with Crippen LogP contribution < -0.4 is 9.47 Å². The number of ketones is 1. The summed E-state index contributed by atoms with van der Waals surface area (Å²) in [5.74, 6) is 2.67. The predicted molar refractivity (Wildman–Crippen MR) is 95.3 cm³/mol. The molecule has 4 nitrogen and oxygen atoms in total. The summed E-state index contributed by atoms with van der Waals surface area (Å²) in [5, 5.41) is 0. The molecule has 2 fully saturated rings. The zero-order valence-corrected chi connectivity index (χ0v) is 15.4. The van der Waals surface area contributed by atoms with E-state index < -0.39 is 0 Å². The summed E-state index contributed by atoms with van der Waals surface area (Å²) >= 11 is 0. The van der Waals surface area contributed by atoms with Crippen molar-refractivity contribution in [3.05, 3.63) is 23.3 Å². The summed E-state index contributed by atoms with van der Waals surface area (Å²) in [6.07, 6.45) is 4.86. The number of likely N-dealkylation sites (N-methyl/N-ethyl adjacent to an activating group) is 1. The molecule has 1 aromatic carbocycles. The number of hydrogen-bond acceptors (Lipinski definition) is 4. The van der Waals surface area contributed by atoms with Crippen molar-refractivity contribution < 1.29 is 14.3 Å². The van der Waals surface area contributed by atoms with Gasteiger partial charge in [0.25, 0.3) is 0 Å². The van der Waals surface area contributed by atoms with E-state index in [4.69, 9.17) is 9.47 Å². The van der Waals surface area contributed by atoms with E-state index in [1.165, 1.54) is 11.1 Å². The summed E-state index contributed by atoms with van der Waals surface area (Å²) in [4.78, 5) is 15.9. The molecule has 25 heavy (non-hydrogen) atoms. The van der Waals surface area contributed by atoms with E-state index >= 15 is 0 Å². The number of nitrogens with zero attached hydrogens (tertiary/aromatic N) is 1. The Kier molecular flexibility index (Phi) is 3.28. The molecule has 134 valence electrons. The van der Waals surface area contributed by atoms with Crippen molar-refractivity contribution in [3.8, 4) is 11.5 Å². The monoisotopic (exact) mass is 341 g/mol. The summed E-state index contributed by atoms with van der Waals surface area (Å²) in [6.45, 7) is 3.22. The van der Waals surface area contributed by atoms with Crippen LogP contribution in [-0.4, -0.2) is 43.5 Å². The quantitative estimate of drug-likeness (QED) is 0.847. The van der Waals surface area contributed by atoms with Gasteiger partial charge in [-0.25, -0.2) is 0 Å². The predicted octanol–water partition coefficient (Wildman–Crippen LogP) is 2.96. The lowest BCUT2D eigenvalue weighted by molar-refractivity contribution is -0.145. The van der Waals surface area contributed by atoms with Crippen LogP contribution in [0.15, 0.2) is 12.1 Å². The largest absolute Gasteiger partial charge is 0.493 e. The zero-order valence-electron chi connectivity index (χ0n) is 15.4. The number of ether oxygens (including phenoxy) is 2. The van der Waals surface area contributed by atoms with Crippen LogP contribution in [0.2, 0.25) is 0 Å². The average Bonchev–Trinajstić information content (AvgIpc) is 2.96. The SMILES string of the molecule is CCCC1CC2C3Cc4ccc(OC)c5c4[C@]2(CCN3C)C(O5)C1=O. The number of carbonyl (C=O) groups is 1. The van der Waals surface area contributed by atoms with E-state index in [-0.39, 0.29) is 17.4 Å². The number of methoxy groups -OCH3 is 1. The van der Waals surface area contributed by atoms with Crippen molar-refractivity contribution >= 4 is 5.78 Å².